The molecule has 0 radical (unpaired) electrons. The van der Waals surface area contributed by atoms with Gasteiger partial charge in [-0.3, -0.25) is 4.79 Å². The predicted octanol–water partition coefficient (Wildman–Crippen LogP) is -0.249. The van der Waals surface area contributed by atoms with Crippen molar-refractivity contribution in [1.29, 1.82) is 0 Å². The maximum absolute atomic E-state index is 10.7. The Balaban J connectivity index is 4.14. The van der Waals surface area contributed by atoms with Crippen LogP contribution in [0.3, 0.4) is 0 Å². The normalized spacial score (nSPS) is 10.5. The molecule has 0 rings (SSSR count). The molecule has 0 atom stereocenters. The second kappa shape index (κ2) is 5.40. The minimum Gasteiger partial charge on any atom is -0.461 e. The molecule has 0 saturated heterocycles. The average Bonchev–Trinajstić information content (AvgIpc) is 2.00. The van der Waals surface area contributed by atoms with Crippen molar-refractivity contribution < 1.29 is 19.2 Å². The van der Waals surface area contributed by atoms with Crippen LogP contribution in [-0.4, -0.2) is 31.7 Å². The molecule has 0 aromatic carbocycles. The average molecular weight is 159 g/mol. The first-order chi connectivity index (χ1) is 5.26. The maximum atomic E-state index is 10.7. The summed E-state index contributed by atoms with van der Waals surface area (Å²) in [5.41, 5.74) is -0.366. The number of esters is 1. The summed E-state index contributed by atoms with van der Waals surface area (Å²) >= 11 is 0. The minimum atomic E-state index is -0.774. The molecule has 5 heteroatoms. The number of rotatable bonds is 4. The van der Waals surface area contributed by atoms with E-state index in [4.69, 9.17) is 0 Å². The van der Waals surface area contributed by atoms with Gasteiger partial charge in [0.25, 0.3) is 0 Å². The van der Waals surface area contributed by atoms with Gasteiger partial charge in [-0.25, -0.2) is 4.79 Å². The van der Waals surface area contributed by atoms with E-state index in [0.717, 1.165) is 0 Å². The molecule has 0 heterocycles. The van der Waals surface area contributed by atoms with E-state index in [0.29, 0.717) is 0 Å². The van der Waals surface area contributed by atoms with Crippen molar-refractivity contribution in [2.24, 2.45) is 5.16 Å². The van der Waals surface area contributed by atoms with Crippen LogP contribution in [0.1, 0.15) is 6.92 Å². The van der Waals surface area contributed by atoms with E-state index in [2.05, 4.69) is 14.7 Å². The number of nitrogens with zero attached hydrogens (tertiary/aromatic N) is 1. The van der Waals surface area contributed by atoms with E-state index in [9.17, 15) is 9.59 Å². The highest BCUT2D eigenvalue weighted by molar-refractivity contribution is 6.58. The first-order valence-electron chi connectivity index (χ1n) is 2.99. The highest BCUT2D eigenvalue weighted by Crippen LogP contribution is 1.82. The largest absolute Gasteiger partial charge is 0.461 e. The number of ether oxygens (including phenoxy) is 1. The van der Waals surface area contributed by atoms with Crippen LogP contribution >= 0.6 is 0 Å². The Kier molecular flexibility index (Phi) is 4.72. The summed E-state index contributed by atoms with van der Waals surface area (Å²) in [4.78, 5) is 25.0. The van der Waals surface area contributed by atoms with Gasteiger partial charge in [0, 0.05) is 0 Å². The number of carbonyl (C=O) groups excluding carboxylic acids is 2. The Morgan fingerprint density at radius 2 is 2.27 bits per heavy atom. The summed E-state index contributed by atoms with van der Waals surface area (Å²) in [6, 6.07) is 0. The lowest BCUT2D eigenvalue weighted by Gasteiger charge is -1.97. The van der Waals surface area contributed by atoms with E-state index in [1.54, 1.807) is 6.92 Å². The van der Waals surface area contributed by atoms with Crippen molar-refractivity contribution in [1.82, 2.24) is 0 Å². The molecule has 5 nitrogen and oxygen atoms in total. The molecule has 11 heavy (non-hydrogen) atoms. The first kappa shape index (κ1) is 9.61. The van der Waals surface area contributed by atoms with Crippen LogP contribution < -0.4 is 0 Å². The third kappa shape index (κ3) is 3.34. The lowest BCUT2D eigenvalue weighted by Crippen LogP contribution is -2.18. The fraction of sp³-hybridized carbons (Fsp3) is 0.500. The Hall–Kier alpha value is -1.39. The van der Waals surface area contributed by atoms with E-state index >= 15 is 0 Å². The molecule has 0 aliphatic heterocycles. The minimum absolute atomic E-state index is 0.204. The van der Waals surface area contributed by atoms with Gasteiger partial charge in [-0.1, -0.05) is 5.16 Å². The van der Waals surface area contributed by atoms with Crippen molar-refractivity contribution in [2.75, 3.05) is 13.7 Å². The number of hydrogen-bond acceptors (Lipinski definition) is 5. The molecule has 0 aliphatic carbocycles. The molecular formula is C6H9NO4. The third-order valence-corrected chi connectivity index (χ3v) is 0.786. The van der Waals surface area contributed by atoms with Gasteiger partial charge in [-0.15, -0.1) is 0 Å². The molecule has 0 aliphatic rings. The number of hydrogen-bond donors (Lipinski definition) is 0. The second-order valence-electron chi connectivity index (χ2n) is 1.50. The van der Waals surface area contributed by atoms with E-state index in [1.165, 1.54) is 7.11 Å². The maximum Gasteiger partial charge on any atom is 0.363 e. The molecule has 0 aromatic heterocycles. The van der Waals surface area contributed by atoms with Crippen LogP contribution in [0.2, 0.25) is 0 Å². The zero-order valence-electron chi connectivity index (χ0n) is 6.36. The summed E-state index contributed by atoms with van der Waals surface area (Å²) in [5, 5.41) is 3.14. The number of carbonyl (C=O) groups is 2. The standard InChI is InChI=1S/C6H9NO4/c1-3-11-6(9)5(4-8)7-10-2/h4H,3H2,1-2H3/b7-5+. The van der Waals surface area contributed by atoms with Crippen LogP contribution in [0, 0.1) is 0 Å². The topological polar surface area (TPSA) is 65.0 Å². The molecule has 62 valence electrons. The van der Waals surface area contributed by atoms with Crippen LogP contribution in [0.4, 0.5) is 0 Å². The second-order valence-corrected chi connectivity index (χ2v) is 1.50. The first-order valence-corrected chi connectivity index (χ1v) is 2.99. The molecule has 0 amide bonds. The van der Waals surface area contributed by atoms with E-state index < -0.39 is 5.97 Å². The van der Waals surface area contributed by atoms with Crippen molar-refractivity contribution in [3.63, 3.8) is 0 Å². The summed E-state index contributed by atoms with van der Waals surface area (Å²) < 4.78 is 4.47. The Morgan fingerprint density at radius 1 is 1.64 bits per heavy atom. The molecule has 0 aromatic rings. The monoisotopic (exact) mass is 159 g/mol. The molecule has 0 bridgehead atoms. The molecule has 0 spiro atoms. The molecule has 0 saturated carbocycles. The Labute approximate surface area is 64.0 Å². The van der Waals surface area contributed by atoms with Crippen molar-refractivity contribution in [2.45, 2.75) is 6.92 Å². The molecule has 0 fully saturated rings. The van der Waals surface area contributed by atoms with Gasteiger partial charge in [0.15, 0.2) is 6.29 Å². The zero-order valence-corrected chi connectivity index (χ0v) is 6.36. The predicted molar refractivity (Wildman–Crippen MR) is 37.1 cm³/mol. The van der Waals surface area contributed by atoms with E-state index in [1.807, 2.05) is 0 Å². The van der Waals surface area contributed by atoms with Crippen LogP contribution in [0.5, 0.6) is 0 Å². The summed E-state index contributed by atoms with van der Waals surface area (Å²) in [7, 11) is 1.24. The van der Waals surface area contributed by atoms with Crippen LogP contribution in [0.25, 0.3) is 0 Å². The smallest absolute Gasteiger partial charge is 0.363 e. The summed E-state index contributed by atoms with van der Waals surface area (Å²) in [6.45, 7) is 1.84. The van der Waals surface area contributed by atoms with Gasteiger partial charge in [-0.2, -0.15) is 0 Å². The van der Waals surface area contributed by atoms with E-state index in [-0.39, 0.29) is 18.6 Å². The number of oxime groups is 1. The van der Waals surface area contributed by atoms with Gasteiger partial charge in [-0.05, 0) is 6.92 Å². The lowest BCUT2D eigenvalue weighted by atomic mass is 10.4. The highest BCUT2D eigenvalue weighted by Gasteiger charge is 2.11. The molecule has 0 unspecified atom stereocenters. The molecular weight excluding hydrogens is 150 g/mol. The Morgan fingerprint density at radius 3 is 2.64 bits per heavy atom. The van der Waals surface area contributed by atoms with Gasteiger partial charge >= 0.3 is 5.97 Å². The summed E-state index contributed by atoms with van der Waals surface area (Å²) in [6.07, 6.45) is 0.279. The van der Waals surface area contributed by atoms with Gasteiger partial charge in [0.2, 0.25) is 5.71 Å². The van der Waals surface area contributed by atoms with Crippen molar-refractivity contribution in [3.8, 4) is 0 Å². The fourth-order valence-corrected chi connectivity index (χ4v) is 0.410. The third-order valence-electron chi connectivity index (χ3n) is 0.786. The van der Waals surface area contributed by atoms with Crippen molar-refractivity contribution in [3.05, 3.63) is 0 Å². The highest BCUT2D eigenvalue weighted by atomic mass is 16.6. The fourth-order valence-electron chi connectivity index (χ4n) is 0.410. The van der Waals surface area contributed by atoms with Crippen molar-refractivity contribution >= 4 is 18.0 Å². The van der Waals surface area contributed by atoms with Gasteiger partial charge in [0.05, 0.1) is 6.61 Å². The number of aldehydes is 1. The quantitative estimate of drug-likeness (QED) is 0.186. The van der Waals surface area contributed by atoms with Gasteiger partial charge < -0.3 is 9.57 Å². The summed E-state index contributed by atoms with van der Waals surface area (Å²) in [5.74, 6) is -0.774. The Bertz CT molecular complexity index is 175. The van der Waals surface area contributed by atoms with Crippen LogP contribution in [0.15, 0.2) is 5.16 Å². The van der Waals surface area contributed by atoms with Gasteiger partial charge in [0.1, 0.15) is 7.11 Å². The SMILES string of the molecule is CCOC(=O)/C(C=O)=N/OC. The zero-order chi connectivity index (χ0) is 8.69. The lowest BCUT2D eigenvalue weighted by molar-refractivity contribution is -0.135. The van der Waals surface area contributed by atoms with Crippen LogP contribution in [-0.2, 0) is 19.2 Å². The molecule has 0 N–H and O–H groups in total.